The molecule has 0 amide bonds. The summed E-state index contributed by atoms with van der Waals surface area (Å²) in [5.41, 5.74) is 0. The molecule has 2 nitrogen and oxygen atoms in total. The van der Waals surface area contributed by atoms with Crippen LogP contribution in [-0.4, -0.2) is 18.0 Å². The Hall–Kier alpha value is -0.0800. The van der Waals surface area contributed by atoms with Crippen molar-refractivity contribution in [3.63, 3.8) is 0 Å². The van der Waals surface area contributed by atoms with Gasteiger partial charge in [0.05, 0.1) is 12.2 Å². The van der Waals surface area contributed by atoms with Gasteiger partial charge in [0.1, 0.15) is 0 Å². The number of unbranched alkanes of at least 4 members (excludes halogenated alkanes) is 1. The molecule has 0 aromatic carbocycles. The minimum atomic E-state index is -0.312. The van der Waals surface area contributed by atoms with Crippen LogP contribution in [0.2, 0.25) is 0 Å². The summed E-state index contributed by atoms with van der Waals surface area (Å²) >= 11 is 0. The largest absolute Gasteiger partial charge is 0.347 e. The Labute approximate surface area is 99.7 Å². The molecule has 1 aliphatic heterocycles. The molecule has 0 aromatic rings. The van der Waals surface area contributed by atoms with E-state index in [1.54, 1.807) is 0 Å². The molecule has 4 unspecified atom stereocenters. The van der Waals surface area contributed by atoms with Crippen LogP contribution in [0, 0.1) is 5.92 Å². The third-order valence-corrected chi connectivity index (χ3v) is 4.18. The van der Waals surface area contributed by atoms with Crippen LogP contribution >= 0.6 is 0 Å². The lowest BCUT2D eigenvalue weighted by molar-refractivity contribution is -0.334. The van der Waals surface area contributed by atoms with E-state index in [4.69, 9.17) is 9.47 Å². The van der Waals surface area contributed by atoms with Gasteiger partial charge in [0, 0.05) is 12.3 Å². The van der Waals surface area contributed by atoms with Gasteiger partial charge in [-0.3, -0.25) is 0 Å². The maximum atomic E-state index is 6.23. The summed E-state index contributed by atoms with van der Waals surface area (Å²) in [5, 5.41) is 0. The van der Waals surface area contributed by atoms with E-state index in [1.165, 1.54) is 38.5 Å². The number of ether oxygens (including phenoxy) is 2. The fourth-order valence-corrected chi connectivity index (χ4v) is 3.25. The summed E-state index contributed by atoms with van der Waals surface area (Å²) in [7, 11) is 0. The molecule has 2 heteroatoms. The minimum absolute atomic E-state index is 0.312. The van der Waals surface area contributed by atoms with E-state index in [1.807, 2.05) is 0 Å². The van der Waals surface area contributed by atoms with Gasteiger partial charge in [-0.2, -0.15) is 0 Å². The third kappa shape index (κ3) is 2.60. The van der Waals surface area contributed by atoms with Crippen molar-refractivity contribution in [2.24, 2.45) is 5.92 Å². The zero-order chi connectivity index (χ0) is 11.6. The van der Waals surface area contributed by atoms with E-state index in [2.05, 4.69) is 20.8 Å². The van der Waals surface area contributed by atoms with E-state index < -0.39 is 0 Å². The quantitative estimate of drug-likeness (QED) is 0.727. The van der Waals surface area contributed by atoms with Crippen LogP contribution in [0.1, 0.15) is 65.7 Å². The molecule has 94 valence electrons. The second-order valence-corrected chi connectivity index (χ2v) is 5.66. The summed E-state index contributed by atoms with van der Waals surface area (Å²) in [5.74, 6) is 0.331. The van der Waals surface area contributed by atoms with Gasteiger partial charge in [-0.05, 0) is 33.1 Å². The van der Waals surface area contributed by atoms with E-state index in [0.29, 0.717) is 18.1 Å². The van der Waals surface area contributed by atoms with Crippen LogP contribution in [0.25, 0.3) is 0 Å². The standard InChI is InChI=1S/C14H26O2/c1-4-5-10-14(3)15-11(2)12-8-6-7-9-13(12)16-14/h11-13H,4-10H2,1-3H3. The number of hydrogen-bond acceptors (Lipinski definition) is 2. The van der Waals surface area contributed by atoms with Crippen molar-refractivity contribution in [1.29, 1.82) is 0 Å². The first-order valence-electron chi connectivity index (χ1n) is 7.00. The van der Waals surface area contributed by atoms with Crippen LogP contribution in [0.5, 0.6) is 0 Å². The van der Waals surface area contributed by atoms with Gasteiger partial charge in [-0.25, -0.2) is 0 Å². The summed E-state index contributed by atoms with van der Waals surface area (Å²) < 4.78 is 12.4. The Kier molecular flexibility index (Phi) is 3.91. The lowest BCUT2D eigenvalue weighted by Gasteiger charge is -2.48. The molecule has 1 aliphatic carbocycles. The first kappa shape index (κ1) is 12.4. The van der Waals surface area contributed by atoms with Crippen LogP contribution in [0.3, 0.4) is 0 Å². The Morgan fingerprint density at radius 3 is 2.69 bits per heavy atom. The van der Waals surface area contributed by atoms with Crippen molar-refractivity contribution in [3.05, 3.63) is 0 Å². The highest BCUT2D eigenvalue weighted by atomic mass is 16.7. The molecule has 2 fully saturated rings. The predicted octanol–water partition coefficient (Wildman–Crippen LogP) is 3.89. The number of hydrogen-bond donors (Lipinski definition) is 0. The molecule has 16 heavy (non-hydrogen) atoms. The van der Waals surface area contributed by atoms with E-state index >= 15 is 0 Å². The number of fused-ring (bicyclic) bond motifs is 1. The van der Waals surface area contributed by atoms with Gasteiger partial charge in [-0.1, -0.05) is 26.2 Å². The SMILES string of the molecule is CCCCC1(C)OC(C)C2CCCCC2O1. The predicted molar refractivity (Wildman–Crippen MR) is 65.3 cm³/mol. The second kappa shape index (κ2) is 5.05. The smallest absolute Gasteiger partial charge is 0.166 e. The fourth-order valence-electron chi connectivity index (χ4n) is 3.25. The molecule has 4 atom stereocenters. The summed E-state index contributed by atoms with van der Waals surface area (Å²) in [4.78, 5) is 0. The van der Waals surface area contributed by atoms with Crippen molar-refractivity contribution in [2.45, 2.75) is 83.7 Å². The van der Waals surface area contributed by atoms with Crippen molar-refractivity contribution >= 4 is 0 Å². The van der Waals surface area contributed by atoms with Crippen LogP contribution in [0.15, 0.2) is 0 Å². The minimum Gasteiger partial charge on any atom is -0.347 e. The molecule has 0 bridgehead atoms. The summed E-state index contributed by atoms with van der Waals surface area (Å²) in [6.45, 7) is 6.58. The maximum absolute atomic E-state index is 6.23. The summed E-state index contributed by atoms with van der Waals surface area (Å²) in [6.07, 6.45) is 9.49. The first-order valence-corrected chi connectivity index (χ1v) is 7.00. The zero-order valence-corrected chi connectivity index (χ0v) is 11.0. The average Bonchev–Trinajstić information content (AvgIpc) is 2.26. The highest BCUT2D eigenvalue weighted by Gasteiger charge is 2.43. The first-order chi connectivity index (χ1) is 7.64. The van der Waals surface area contributed by atoms with Gasteiger partial charge in [0.25, 0.3) is 0 Å². The average molecular weight is 226 g/mol. The highest BCUT2D eigenvalue weighted by molar-refractivity contribution is 4.87. The van der Waals surface area contributed by atoms with Crippen molar-refractivity contribution in [2.75, 3.05) is 0 Å². The zero-order valence-electron chi connectivity index (χ0n) is 11.0. The molecule has 0 radical (unpaired) electrons. The molecule has 2 aliphatic rings. The molecule has 0 spiro atoms. The van der Waals surface area contributed by atoms with Gasteiger partial charge in [-0.15, -0.1) is 0 Å². The molecule has 0 aromatic heterocycles. The van der Waals surface area contributed by atoms with Gasteiger partial charge in [0.15, 0.2) is 5.79 Å². The van der Waals surface area contributed by atoms with Crippen LogP contribution < -0.4 is 0 Å². The highest BCUT2D eigenvalue weighted by Crippen LogP contribution is 2.40. The van der Waals surface area contributed by atoms with Gasteiger partial charge < -0.3 is 9.47 Å². The topological polar surface area (TPSA) is 18.5 Å². The molecule has 1 heterocycles. The van der Waals surface area contributed by atoms with Gasteiger partial charge in [0.2, 0.25) is 0 Å². The van der Waals surface area contributed by atoms with E-state index in [-0.39, 0.29) is 5.79 Å². The molecule has 2 rings (SSSR count). The van der Waals surface area contributed by atoms with Crippen molar-refractivity contribution in [3.8, 4) is 0 Å². The summed E-state index contributed by atoms with van der Waals surface area (Å²) in [6, 6.07) is 0. The van der Waals surface area contributed by atoms with Crippen LogP contribution in [0.4, 0.5) is 0 Å². The Balaban J connectivity index is 1.98. The van der Waals surface area contributed by atoms with Crippen molar-refractivity contribution in [1.82, 2.24) is 0 Å². The molecule has 1 saturated carbocycles. The lowest BCUT2D eigenvalue weighted by atomic mass is 9.81. The molecule has 1 saturated heterocycles. The van der Waals surface area contributed by atoms with Crippen LogP contribution in [-0.2, 0) is 9.47 Å². The van der Waals surface area contributed by atoms with Gasteiger partial charge >= 0.3 is 0 Å². The Morgan fingerprint density at radius 1 is 1.19 bits per heavy atom. The third-order valence-electron chi connectivity index (χ3n) is 4.18. The fraction of sp³-hybridized carbons (Fsp3) is 1.00. The number of rotatable bonds is 3. The van der Waals surface area contributed by atoms with E-state index in [0.717, 1.165) is 6.42 Å². The Morgan fingerprint density at radius 2 is 1.94 bits per heavy atom. The lowest BCUT2D eigenvalue weighted by Crippen LogP contribution is -2.52. The maximum Gasteiger partial charge on any atom is 0.166 e. The molecular weight excluding hydrogens is 200 g/mol. The van der Waals surface area contributed by atoms with E-state index in [9.17, 15) is 0 Å². The normalized spacial score (nSPS) is 44.1. The molecule has 0 N–H and O–H groups in total. The monoisotopic (exact) mass is 226 g/mol. The second-order valence-electron chi connectivity index (χ2n) is 5.66. The Bertz CT molecular complexity index is 229. The molecular formula is C14H26O2. The van der Waals surface area contributed by atoms with Crippen molar-refractivity contribution < 1.29 is 9.47 Å².